The Morgan fingerprint density at radius 1 is 1.46 bits per heavy atom. The van der Waals surface area contributed by atoms with E-state index in [9.17, 15) is 4.79 Å². The Morgan fingerprint density at radius 2 is 2.00 bits per heavy atom. The molecule has 0 rings (SSSR count). The summed E-state index contributed by atoms with van der Waals surface area (Å²) in [5, 5.41) is 16.5. The summed E-state index contributed by atoms with van der Waals surface area (Å²) in [5.41, 5.74) is -0.663. The van der Waals surface area contributed by atoms with Gasteiger partial charge in [-0.25, -0.2) is 4.79 Å². The molecule has 0 aromatic rings. The van der Waals surface area contributed by atoms with Crippen LogP contribution in [0.4, 0.5) is 0 Å². The largest absolute Gasteiger partial charge is 0.673 e. The number of carbonyl (C=O) groups excluding carboxylic acids is 1. The average molecular weight is 190 g/mol. The van der Waals surface area contributed by atoms with Gasteiger partial charge in [0.25, 0.3) is 0 Å². The van der Waals surface area contributed by atoms with Crippen LogP contribution in [-0.2, 0) is 14.5 Å². The average Bonchev–Trinajstić information content (AvgIpc) is 1.99. The summed E-state index contributed by atoms with van der Waals surface area (Å²) in [6.07, 6.45) is 1.49. The first-order chi connectivity index (χ1) is 5.90. The van der Waals surface area contributed by atoms with Crippen LogP contribution in [0.2, 0.25) is 0 Å². The lowest BCUT2D eigenvalue weighted by atomic mass is 9.88. The number of rotatable bonds is 5. The number of hydrogen-bond acceptors (Lipinski definition) is 5. The molecule has 0 radical (unpaired) electrons. The first-order valence-corrected chi connectivity index (χ1v) is 4.14. The van der Waals surface area contributed by atoms with Gasteiger partial charge in [-0.2, -0.15) is 4.81 Å². The second-order valence-electron chi connectivity index (χ2n) is 3.43. The zero-order chi connectivity index (χ0) is 10.5. The molecule has 76 valence electrons. The molecule has 0 aromatic carbocycles. The van der Waals surface area contributed by atoms with E-state index in [2.05, 4.69) is 9.69 Å². The van der Waals surface area contributed by atoms with Crippen LogP contribution in [0.15, 0.2) is 0 Å². The topological polar surface area (TPSA) is 76.0 Å². The summed E-state index contributed by atoms with van der Waals surface area (Å²) in [4.78, 5) is 19.3. The van der Waals surface area contributed by atoms with Crippen LogP contribution in [0.3, 0.4) is 0 Å². The second kappa shape index (κ2) is 5.21. The molecule has 0 amide bonds. The number of hydrogen-bond donors (Lipinski definition) is 2. The minimum Gasteiger partial charge on any atom is -0.400 e. The summed E-state index contributed by atoms with van der Waals surface area (Å²) in [7, 11) is -2.08. The maximum atomic E-state index is 11.2. The van der Waals surface area contributed by atoms with Gasteiger partial charge in [-0.1, -0.05) is 13.3 Å². The van der Waals surface area contributed by atoms with Crippen molar-refractivity contribution in [1.82, 2.24) is 0 Å². The molecule has 0 saturated heterocycles. The molecule has 0 bridgehead atoms. The van der Waals surface area contributed by atoms with Gasteiger partial charge in [-0.15, -0.1) is 0 Å². The van der Waals surface area contributed by atoms with Gasteiger partial charge in [-0.05, 0) is 20.3 Å². The highest BCUT2D eigenvalue weighted by Gasteiger charge is 2.30. The molecule has 13 heavy (non-hydrogen) atoms. The summed E-state index contributed by atoms with van der Waals surface area (Å²) in [5.74, 6) is -0.609. The predicted molar refractivity (Wildman–Crippen MR) is 46.1 cm³/mol. The lowest BCUT2D eigenvalue weighted by Crippen LogP contribution is -2.29. The summed E-state index contributed by atoms with van der Waals surface area (Å²) < 4.78 is 0. The van der Waals surface area contributed by atoms with Gasteiger partial charge in [0.15, 0.2) is 0 Å². The molecule has 0 heterocycles. The van der Waals surface area contributed by atoms with Crippen LogP contribution in [0.25, 0.3) is 0 Å². The zero-order valence-corrected chi connectivity index (χ0v) is 8.11. The van der Waals surface area contributed by atoms with E-state index in [1.54, 1.807) is 13.8 Å². The van der Waals surface area contributed by atoms with Gasteiger partial charge in [0.2, 0.25) is 0 Å². The Morgan fingerprint density at radius 3 is 2.38 bits per heavy atom. The molecule has 6 heteroatoms. The van der Waals surface area contributed by atoms with Crippen molar-refractivity contribution in [2.75, 3.05) is 0 Å². The van der Waals surface area contributed by atoms with Crippen molar-refractivity contribution in [1.29, 1.82) is 0 Å². The highest BCUT2D eigenvalue weighted by Crippen LogP contribution is 2.23. The molecule has 0 spiro atoms. The molecular weight excluding hydrogens is 175 g/mol. The van der Waals surface area contributed by atoms with E-state index in [-0.39, 0.29) is 0 Å². The molecule has 0 aliphatic rings. The van der Waals surface area contributed by atoms with E-state index in [0.717, 1.165) is 6.42 Å². The van der Waals surface area contributed by atoms with E-state index < -0.39 is 18.7 Å². The van der Waals surface area contributed by atoms with Crippen molar-refractivity contribution in [2.45, 2.75) is 33.6 Å². The first kappa shape index (κ1) is 12.4. The quantitative estimate of drug-likeness (QED) is 0.369. The fraction of sp³-hybridized carbons (Fsp3) is 0.857. The smallest absolute Gasteiger partial charge is 0.400 e. The van der Waals surface area contributed by atoms with Crippen LogP contribution in [0, 0.1) is 5.41 Å². The Balaban J connectivity index is 3.94. The van der Waals surface area contributed by atoms with Crippen molar-refractivity contribution >= 4 is 13.3 Å². The molecule has 0 fully saturated rings. The summed E-state index contributed by atoms with van der Waals surface area (Å²) >= 11 is 0. The van der Waals surface area contributed by atoms with Gasteiger partial charge >= 0.3 is 13.3 Å². The van der Waals surface area contributed by atoms with Crippen molar-refractivity contribution in [3.05, 3.63) is 0 Å². The third-order valence-electron chi connectivity index (χ3n) is 1.64. The van der Waals surface area contributed by atoms with Gasteiger partial charge in [0.1, 0.15) is 0 Å². The van der Waals surface area contributed by atoms with Crippen molar-refractivity contribution < 1.29 is 24.5 Å². The zero-order valence-electron chi connectivity index (χ0n) is 8.11. The standard InChI is InChI=1S/C7H15BO5/c1-4-5-7(2,3)6(9)12-13-8(10)11/h10-11H,4-5H2,1-3H3. The van der Waals surface area contributed by atoms with Gasteiger partial charge < -0.3 is 14.9 Å². The van der Waals surface area contributed by atoms with E-state index in [4.69, 9.17) is 10.0 Å². The third-order valence-corrected chi connectivity index (χ3v) is 1.64. The summed E-state index contributed by atoms with van der Waals surface area (Å²) in [6, 6.07) is 0. The van der Waals surface area contributed by atoms with E-state index in [0.29, 0.717) is 6.42 Å². The second-order valence-corrected chi connectivity index (χ2v) is 3.43. The minimum atomic E-state index is -2.08. The summed E-state index contributed by atoms with van der Waals surface area (Å²) in [6.45, 7) is 5.34. The Kier molecular flexibility index (Phi) is 4.98. The van der Waals surface area contributed by atoms with Crippen LogP contribution in [0.1, 0.15) is 33.6 Å². The van der Waals surface area contributed by atoms with Gasteiger partial charge in [0, 0.05) is 0 Å². The van der Waals surface area contributed by atoms with Crippen LogP contribution in [0.5, 0.6) is 0 Å². The SMILES string of the molecule is CCCC(C)(C)C(=O)OOB(O)O. The van der Waals surface area contributed by atoms with Crippen molar-refractivity contribution in [3.8, 4) is 0 Å². The minimum absolute atomic E-state index is 0.609. The molecule has 0 unspecified atom stereocenters. The highest BCUT2D eigenvalue weighted by atomic mass is 17.2. The van der Waals surface area contributed by atoms with Gasteiger partial charge in [-0.3, -0.25) is 0 Å². The molecule has 2 N–H and O–H groups in total. The van der Waals surface area contributed by atoms with Gasteiger partial charge in [0.05, 0.1) is 5.41 Å². The fourth-order valence-electron chi connectivity index (χ4n) is 0.927. The molecule has 0 saturated carbocycles. The highest BCUT2D eigenvalue weighted by molar-refractivity contribution is 6.32. The maximum Gasteiger partial charge on any atom is 0.673 e. The first-order valence-electron chi connectivity index (χ1n) is 4.14. The Bertz CT molecular complexity index is 168. The lowest BCUT2D eigenvalue weighted by Gasteiger charge is -2.19. The monoisotopic (exact) mass is 190 g/mol. The molecule has 0 aromatic heterocycles. The van der Waals surface area contributed by atoms with E-state index in [1.165, 1.54) is 0 Å². The maximum absolute atomic E-state index is 11.2. The predicted octanol–water partition coefficient (Wildman–Crippen LogP) is 0.257. The Labute approximate surface area is 77.8 Å². The van der Waals surface area contributed by atoms with E-state index in [1.807, 2.05) is 6.92 Å². The van der Waals surface area contributed by atoms with Crippen molar-refractivity contribution in [2.24, 2.45) is 5.41 Å². The number of carbonyl (C=O) groups is 1. The Hall–Kier alpha value is -0.585. The van der Waals surface area contributed by atoms with Crippen LogP contribution in [-0.4, -0.2) is 23.3 Å². The third kappa shape index (κ3) is 4.87. The normalized spacial score (nSPS) is 11.2. The molecular formula is C7H15BO5. The molecule has 0 atom stereocenters. The molecule has 5 nitrogen and oxygen atoms in total. The van der Waals surface area contributed by atoms with Crippen LogP contribution < -0.4 is 0 Å². The molecule has 0 aliphatic carbocycles. The van der Waals surface area contributed by atoms with E-state index >= 15 is 0 Å². The van der Waals surface area contributed by atoms with Crippen molar-refractivity contribution in [3.63, 3.8) is 0 Å². The fourth-order valence-corrected chi connectivity index (χ4v) is 0.927. The lowest BCUT2D eigenvalue weighted by molar-refractivity contribution is -0.239. The van der Waals surface area contributed by atoms with Crippen LogP contribution >= 0.6 is 0 Å². The molecule has 0 aliphatic heterocycles.